The summed E-state index contributed by atoms with van der Waals surface area (Å²) in [4.78, 5) is 12.3. The number of amides is 1. The summed E-state index contributed by atoms with van der Waals surface area (Å²) in [6, 6.07) is 11.8. The first-order valence-electron chi connectivity index (χ1n) is 8.86. The summed E-state index contributed by atoms with van der Waals surface area (Å²) in [7, 11) is -3.48. The number of nitriles is 1. The first kappa shape index (κ1) is 19.5. The molecule has 0 aliphatic carbocycles. The van der Waals surface area contributed by atoms with Crippen molar-refractivity contribution in [2.24, 2.45) is 0 Å². The van der Waals surface area contributed by atoms with Crippen molar-refractivity contribution in [3.63, 3.8) is 0 Å². The molecule has 0 saturated carbocycles. The lowest BCUT2D eigenvalue weighted by molar-refractivity contribution is 0.0949. The minimum atomic E-state index is -3.48. The summed E-state index contributed by atoms with van der Waals surface area (Å²) in [5, 5.41) is 13.5. The van der Waals surface area contributed by atoms with Crippen molar-refractivity contribution < 1.29 is 13.2 Å². The van der Waals surface area contributed by atoms with Crippen molar-refractivity contribution in [2.75, 3.05) is 13.1 Å². The zero-order valence-electron chi connectivity index (χ0n) is 14.8. The van der Waals surface area contributed by atoms with Gasteiger partial charge in [0.05, 0.1) is 11.6 Å². The monoisotopic (exact) mass is 403 g/mol. The third-order valence-corrected chi connectivity index (χ3v) is 7.97. The van der Waals surface area contributed by atoms with Crippen LogP contribution < -0.4 is 5.32 Å². The van der Waals surface area contributed by atoms with Crippen LogP contribution in [0.4, 0.5) is 0 Å². The zero-order chi connectivity index (χ0) is 19.3. The summed E-state index contributed by atoms with van der Waals surface area (Å²) in [5.41, 5.74) is 0.865. The van der Waals surface area contributed by atoms with Crippen molar-refractivity contribution >= 4 is 27.3 Å². The van der Waals surface area contributed by atoms with Gasteiger partial charge in [0, 0.05) is 24.7 Å². The lowest BCUT2D eigenvalue weighted by atomic mass is 10.0. The Morgan fingerprint density at radius 3 is 2.89 bits per heavy atom. The van der Waals surface area contributed by atoms with E-state index >= 15 is 0 Å². The fourth-order valence-electron chi connectivity index (χ4n) is 3.29. The molecule has 27 heavy (non-hydrogen) atoms. The van der Waals surface area contributed by atoms with Gasteiger partial charge in [-0.1, -0.05) is 18.6 Å². The number of nitrogens with one attached hydrogen (secondary N) is 1. The lowest BCUT2D eigenvalue weighted by Crippen LogP contribution is -2.44. The molecule has 1 unspecified atom stereocenters. The first-order chi connectivity index (χ1) is 13.0. The van der Waals surface area contributed by atoms with E-state index in [2.05, 4.69) is 5.32 Å². The number of hydrogen-bond donors (Lipinski definition) is 1. The molecule has 2 aromatic rings. The maximum absolute atomic E-state index is 12.9. The normalized spacial score (nSPS) is 18.0. The van der Waals surface area contributed by atoms with Crippen molar-refractivity contribution in [1.29, 1.82) is 5.26 Å². The molecule has 1 aromatic carbocycles. The summed E-state index contributed by atoms with van der Waals surface area (Å²) in [6.07, 6.45) is 3.20. The van der Waals surface area contributed by atoms with Crippen LogP contribution in [0.5, 0.6) is 0 Å². The molecule has 0 bridgehead atoms. The van der Waals surface area contributed by atoms with Crippen LogP contribution >= 0.6 is 11.3 Å². The molecule has 1 saturated heterocycles. The summed E-state index contributed by atoms with van der Waals surface area (Å²) < 4.78 is 27.7. The van der Waals surface area contributed by atoms with Gasteiger partial charge in [0.15, 0.2) is 0 Å². The predicted octanol–water partition coefficient (Wildman–Crippen LogP) is 2.98. The third-order valence-electron chi connectivity index (χ3n) is 4.65. The molecular formula is C19H21N3O3S2. The van der Waals surface area contributed by atoms with Gasteiger partial charge in [0.25, 0.3) is 15.9 Å². The Labute approximate surface area is 163 Å². The molecule has 8 heteroatoms. The zero-order valence-corrected chi connectivity index (χ0v) is 16.4. The van der Waals surface area contributed by atoms with E-state index in [-0.39, 0.29) is 11.9 Å². The molecule has 1 aliphatic heterocycles. The van der Waals surface area contributed by atoms with Gasteiger partial charge in [0.2, 0.25) is 0 Å². The number of nitrogens with zero attached hydrogens (tertiary/aromatic N) is 2. The van der Waals surface area contributed by atoms with Crippen LogP contribution in [-0.2, 0) is 10.0 Å². The second-order valence-corrected chi connectivity index (χ2v) is 9.50. The Morgan fingerprint density at radius 2 is 2.15 bits per heavy atom. The fraction of sp³-hybridized carbons (Fsp3) is 0.368. The predicted molar refractivity (Wildman–Crippen MR) is 104 cm³/mol. The highest BCUT2D eigenvalue weighted by Gasteiger charge is 2.33. The van der Waals surface area contributed by atoms with Crippen LogP contribution in [-0.4, -0.2) is 37.8 Å². The number of rotatable bonds is 6. The van der Waals surface area contributed by atoms with Crippen LogP contribution in [0.25, 0.3) is 0 Å². The second-order valence-electron chi connectivity index (χ2n) is 6.43. The van der Waals surface area contributed by atoms with E-state index in [4.69, 9.17) is 5.26 Å². The van der Waals surface area contributed by atoms with Crippen LogP contribution in [0.3, 0.4) is 0 Å². The van der Waals surface area contributed by atoms with Gasteiger partial charge in [0.1, 0.15) is 4.21 Å². The van der Waals surface area contributed by atoms with E-state index in [0.717, 1.165) is 19.3 Å². The van der Waals surface area contributed by atoms with Gasteiger partial charge in [-0.2, -0.15) is 9.57 Å². The van der Waals surface area contributed by atoms with Crippen LogP contribution in [0.2, 0.25) is 0 Å². The highest BCUT2D eigenvalue weighted by molar-refractivity contribution is 7.91. The Kier molecular flexibility index (Phi) is 6.26. The highest BCUT2D eigenvalue weighted by Crippen LogP contribution is 2.29. The van der Waals surface area contributed by atoms with Crippen LogP contribution in [0, 0.1) is 11.3 Å². The quantitative estimate of drug-likeness (QED) is 0.803. The molecule has 3 rings (SSSR count). The molecule has 2 heterocycles. The Bertz CT molecular complexity index is 933. The Balaban J connectivity index is 1.62. The smallest absolute Gasteiger partial charge is 0.252 e. The van der Waals surface area contributed by atoms with Gasteiger partial charge in [-0.15, -0.1) is 11.3 Å². The maximum Gasteiger partial charge on any atom is 0.252 e. The van der Waals surface area contributed by atoms with Gasteiger partial charge in [-0.05, 0) is 48.9 Å². The minimum absolute atomic E-state index is 0.114. The van der Waals surface area contributed by atoms with E-state index < -0.39 is 10.0 Å². The van der Waals surface area contributed by atoms with Gasteiger partial charge < -0.3 is 5.32 Å². The molecule has 6 nitrogen and oxygen atoms in total. The van der Waals surface area contributed by atoms with Gasteiger partial charge in [-0.3, -0.25) is 4.79 Å². The van der Waals surface area contributed by atoms with Crippen LogP contribution in [0.15, 0.2) is 46.0 Å². The lowest BCUT2D eigenvalue weighted by Gasteiger charge is -2.34. The molecule has 1 aromatic heterocycles. The van der Waals surface area contributed by atoms with Gasteiger partial charge >= 0.3 is 0 Å². The summed E-state index contributed by atoms with van der Waals surface area (Å²) in [5.74, 6) is -0.254. The van der Waals surface area contributed by atoms with Crippen molar-refractivity contribution in [3.8, 4) is 6.07 Å². The van der Waals surface area contributed by atoms with Crippen molar-refractivity contribution in [2.45, 2.75) is 35.9 Å². The number of thiophene rings is 1. The number of hydrogen-bond acceptors (Lipinski definition) is 5. The average Bonchev–Trinajstić information content (AvgIpc) is 3.24. The number of carbonyl (C=O) groups excluding carboxylic acids is 1. The molecular weight excluding hydrogens is 382 g/mol. The summed E-state index contributed by atoms with van der Waals surface area (Å²) >= 11 is 1.23. The van der Waals surface area contributed by atoms with E-state index in [9.17, 15) is 13.2 Å². The first-order valence-corrected chi connectivity index (χ1v) is 11.2. The van der Waals surface area contributed by atoms with E-state index in [0.29, 0.717) is 34.8 Å². The molecule has 0 spiro atoms. The highest BCUT2D eigenvalue weighted by atomic mass is 32.2. The molecule has 1 fully saturated rings. The van der Waals surface area contributed by atoms with Crippen molar-refractivity contribution in [3.05, 3.63) is 52.9 Å². The molecule has 1 N–H and O–H groups in total. The number of piperidine rings is 1. The molecule has 1 atom stereocenters. The Morgan fingerprint density at radius 1 is 1.30 bits per heavy atom. The number of sulfonamides is 1. The maximum atomic E-state index is 12.9. The SMILES string of the molecule is N#Cc1cccc(C(=O)NCCC2CCCCN2S(=O)(=O)c2cccs2)c1. The largest absolute Gasteiger partial charge is 0.352 e. The fourth-order valence-corrected chi connectivity index (χ4v) is 6.13. The Hall–Kier alpha value is -2.21. The van der Waals surface area contributed by atoms with Gasteiger partial charge in [-0.25, -0.2) is 8.42 Å². The summed E-state index contributed by atoms with van der Waals surface area (Å²) in [6.45, 7) is 0.903. The van der Waals surface area contributed by atoms with Crippen LogP contribution in [0.1, 0.15) is 41.6 Å². The molecule has 0 radical (unpaired) electrons. The molecule has 1 aliphatic rings. The third kappa shape index (κ3) is 4.56. The number of carbonyl (C=O) groups is 1. The van der Waals surface area contributed by atoms with E-state index in [1.807, 2.05) is 6.07 Å². The standard InChI is InChI=1S/C19H21N3O3S2/c20-14-15-5-3-6-16(13-15)19(23)21-10-9-17-7-1-2-11-22(17)27(24,25)18-8-4-12-26-18/h3-6,8,12-13,17H,1-2,7,9-11H2,(H,21,23). The average molecular weight is 404 g/mol. The molecule has 142 valence electrons. The molecule has 1 amide bonds. The number of benzene rings is 1. The van der Waals surface area contributed by atoms with E-state index in [1.54, 1.807) is 46.1 Å². The topological polar surface area (TPSA) is 90.3 Å². The minimum Gasteiger partial charge on any atom is -0.352 e. The second kappa shape index (κ2) is 8.65. The van der Waals surface area contributed by atoms with Crippen molar-refractivity contribution in [1.82, 2.24) is 9.62 Å². The van der Waals surface area contributed by atoms with E-state index in [1.165, 1.54) is 11.3 Å².